The molecule has 0 bridgehead atoms. The zero-order valence-electron chi connectivity index (χ0n) is 33.4. The Morgan fingerprint density at radius 3 is 1.13 bits per heavy atom. The third kappa shape index (κ3) is 48.1. The molecule has 15 heteroatoms. The monoisotopic (exact) mass is 858 g/mol. The van der Waals surface area contributed by atoms with Gasteiger partial charge in [0.05, 0.1) is 69.7 Å². The van der Waals surface area contributed by atoms with Gasteiger partial charge in [-0.3, -0.25) is 0 Å². The number of aliphatic hydroxyl groups is 11. The van der Waals surface area contributed by atoms with E-state index in [2.05, 4.69) is 6.92 Å². The fourth-order valence-corrected chi connectivity index (χ4v) is 4.65. The largest absolute Gasteiger partial charge is 1.00 e. The van der Waals surface area contributed by atoms with E-state index in [9.17, 15) is 0 Å². The molecule has 3 fully saturated rings. The topological polar surface area (TPSA) is 250 Å². The molecule has 327 valence electrons. The van der Waals surface area contributed by atoms with Crippen LogP contribution in [0.15, 0.2) is 0 Å². The van der Waals surface area contributed by atoms with Crippen LogP contribution < -0.4 is 0 Å². The van der Waals surface area contributed by atoms with Gasteiger partial charge in [0.2, 0.25) is 0 Å². The van der Waals surface area contributed by atoms with Gasteiger partial charge in [-0.05, 0) is 110 Å². The fourth-order valence-electron chi connectivity index (χ4n) is 4.65. The number of rotatable bonds is 18. The number of ether oxygens (including phenoxy) is 3. The molecule has 3 aliphatic heterocycles. The predicted octanol–water partition coefficient (Wildman–Crippen LogP) is 2.23. The zero-order chi connectivity index (χ0) is 38.1. The molecule has 0 saturated carbocycles. The van der Waals surface area contributed by atoms with Crippen LogP contribution in [0.1, 0.15) is 127 Å². The van der Waals surface area contributed by atoms with Gasteiger partial charge in [-0.1, -0.05) is 12.8 Å². The number of aliphatic hydroxyl groups excluding tert-OH is 11. The molecule has 3 heterocycles. The van der Waals surface area contributed by atoms with Crippen LogP contribution in [0.4, 0.5) is 0 Å². The van der Waals surface area contributed by atoms with Gasteiger partial charge in [0.15, 0.2) is 0 Å². The Labute approximate surface area is 332 Å². The molecule has 11 N–H and O–H groups in total. The van der Waals surface area contributed by atoms with Crippen LogP contribution in [-0.4, -0.2) is 165 Å². The number of hydrogen-bond acceptors (Lipinski definition) is 14. The maximum atomic E-state index is 8.75. The third-order valence-corrected chi connectivity index (χ3v) is 7.87. The summed E-state index contributed by atoms with van der Waals surface area (Å²) in [7, 11) is 0. The average Bonchev–Trinajstić information content (AvgIpc) is 3.64. The van der Waals surface area contributed by atoms with Crippen molar-refractivity contribution in [2.24, 2.45) is 0 Å². The minimum Gasteiger partial charge on any atom is -0.396 e. The molecule has 0 aromatic carbocycles. The first kappa shape index (κ1) is 61.3. The van der Waals surface area contributed by atoms with Crippen molar-refractivity contribution >= 4 is 0 Å². The Balaban J connectivity index is -0.0000000790. The molecule has 0 amide bonds. The first-order chi connectivity index (χ1) is 24.2. The van der Waals surface area contributed by atoms with Crippen LogP contribution in [0.2, 0.25) is 0 Å². The smallest absolute Gasteiger partial charge is 0.396 e. The second kappa shape index (κ2) is 51.1. The molecule has 3 saturated heterocycles. The Kier molecular flexibility index (Phi) is 60.2. The molecule has 14 nitrogen and oxygen atoms in total. The van der Waals surface area contributed by atoms with Gasteiger partial charge in [-0.25, -0.2) is 0 Å². The van der Waals surface area contributed by atoms with E-state index in [4.69, 9.17) is 70.4 Å². The first-order valence-corrected chi connectivity index (χ1v) is 19.0. The summed E-state index contributed by atoms with van der Waals surface area (Å²) in [5.74, 6) is 0. The summed E-state index contributed by atoms with van der Waals surface area (Å²) < 4.78 is 15.6. The summed E-state index contributed by atoms with van der Waals surface area (Å²) in [6, 6.07) is 0. The van der Waals surface area contributed by atoms with Crippen molar-refractivity contribution in [3.63, 3.8) is 0 Å². The molecule has 0 aliphatic carbocycles. The number of unbranched alkanes of at least 4 members (excludes halogenated alkanes) is 5. The van der Waals surface area contributed by atoms with E-state index in [1.165, 1.54) is 25.7 Å². The molecule has 0 spiro atoms. The van der Waals surface area contributed by atoms with Crippen LogP contribution in [-0.2, 0) is 33.7 Å². The molecule has 6 unspecified atom stereocenters. The Bertz CT molecular complexity index is 588. The second-order valence-corrected chi connectivity index (χ2v) is 12.6. The van der Waals surface area contributed by atoms with E-state index >= 15 is 0 Å². The summed E-state index contributed by atoms with van der Waals surface area (Å²) in [6.07, 6.45) is 16.4. The number of hydrogen-bond donors (Lipinski definition) is 11. The van der Waals surface area contributed by atoms with E-state index in [0.29, 0.717) is 31.8 Å². The van der Waals surface area contributed by atoms with Gasteiger partial charge in [-0.2, -0.15) is 0 Å². The molecule has 52 heavy (non-hydrogen) atoms. The van der Waals surface area contributed by atoms with Crippen molar-refractivity contribution in [3.05, 3.63) is 7.43 Å². The summed E-state index contributed by atoms with van der Waals surface area (Å²) in [5, 5.41) is 93.1. The van der Waals surface area contributed by atoms with E-state index in [0.717, 1.165) is 77.4 Å². The van der Waals surface area contributed by atoms with Crippen LogP contribution in [0.5, 0.6) is 0 Å². The molecular weight excluding hydrogens is 771 g/mol. The van der Waals surface area contributed by atoms with Crippen molar-refractivity contribution < 1.29 is 94.1 Å². The van der Waals surface area contributed by atoms with Crippen molar-refractivity contribution in [2.75, 3.05) is 72.7 Å². The van der Waals surface area contributed by atoms with Crippen molar-refractivity contribution in [3.8, 4) is 0 Å². The van der Waals surface area contributed by atoms with E-state index in [1.54, 1.807) is 0 Å². The minimum absolute atomic E-state index is 0. The fraction of sp³-hybridized carbons (Fsp3) is 0.973. The maximum Gasteiger partial charge on any atom is 1.00 e. The summed E-state index contributed by atoms with van der Waals surface area (Å²) in [4.78, 5) is 0. The summed E-state index contributed by atoms with van der Waals surface area (Å²) in [5.41, 5.74) is 0. The van der Waals surface area contributed by atoms with Gasteiger partial charge in [0, 0.05) is 62.0 Å². The van der Waals surface area contributed by atoms with Crippen LogP contribution in [0, 0.1) is 7.43 Å². The van der Waals surface area contributed by atoms with E-state index in [-0.39, 0.29) is 109 Å². The molecule has 0 aromatic heterocycles. The van der Waals surface area contributed by atoms with Crippen molar-refractivity contribution in [1.82, 2.24) is 0 Å². The van der Waals surface area contributed by atoms with Gasteiger partial charge >= 0.3 is 1.43 Å². The molecular formula is C37H86O14Rh. The molecule has 3 rings (SSSR count). The van der Waals surface area contributed by atoms with Gasteiger partial charge in [0.1, 0.15) is 0 Å². The summed E-state index contributed by atoms with van der Waals surface area (Å²) in [6.45, 7) is 4.86. The maximum absolute atomic E-state index is 8.75. The van der Waals surface area contributed by atoms with Crippen molar-refractivity contribution in [2.45, 2.75) is 159 Å². The first-order valence-electron chi connectivity index (χ1n) is 19.0. The molecule has 1 radical (unpaired) electrons. The molecule has 0 aromatic rings. The normalized spacial score (nSPS) is 21.5. The molecule has 3 aliphatic rings. The Hall–Kier alpha value is 0.0634. The average molecular weight is 858 g/mol. The zero-order valence-corrected chi connectivity index (χ0v) is 34.1. The van der Waals surface area contributed by atoms with Gasteiger partial charge in [-0.15, -0.1) is 0 Å². The van der Waals surface area contributed by atoms with Crippen LogP contribution in [0.3, 0.4) is 0 Å². The summed E-state index contributed by atoms with van der Waals surface area (Å²) >= 11 is 0. The van der Waals surface area contributed by atoms with Crippen LogP contribution in [0.25, 0.3) is 0 Å². The van der Waals surface area contributed by atoms with E-state index < -0.39 is 12.2 Å². The van der Waals surface area contributed by atoms with Gasteiger partial charge < -0.3 is 77.8 Å². The SMILES string of the molecule is CC1CCCCO1.OCC1CCC(CO)O1.OCC1CCCCO1.OCCCCC(O)CO.OCCCCC(O)CO.OCCCCCCO.[CH3-].[H+].[HH].[HH].[Rh]. The Morgan fingerprint density at radius 2 is 0.904 bits per heavy atom. The second-order valence-electron chi connectivity index (χ2n) is 12.6. The third-order valence-electron chi connectivity index (χ3n) is 7.87. The van der Waals surface area contributed by atoms with Crippen molar-refractivity contribution in [1.29, 1.82) is 0 Å². The van der Waals surface area contributed by atoms with E-state index in [1.807, 2.05) is 0 Å². The molecule has 6 atom stereocenters. The minimum atomic E-state index is -0.600. The quantitative estimate of drug-likeness (QED) is 0.0538. The Morgan fingerprint density at radius 1 is 0.519 bits per heavy atom. The standard InChI is InChI=1S/C6H12O3.2C6H14O3.C6H12O2.C6H14O2.C6H12O.CH3.Rh.2H2/c7-3-5-1-2-6(4-8)9-5;2*7-4-2-1-3-6(9)5-8;7-5-6-3-1-2-4-8-6;7-5-3-1-2-4-6-8;1-6-4-2-3-5-7-6;;;;/h5-8H,1-4H2;2*6-9H,1-5H2;6-7H,1-5H2;7-8H,1-6H2;6H,2-5H2,1H3;1H3;;2*1H/q;;;;;;-1;;;/p+1. The van der Waals surface area contributed by atoms with Crippen LogP contribution >= 0.6 is 0 Å². The predicted molar refractivity (Wildman–Crippen MR) is 204 cm³/mol. The van der Waals surface area contributed by atoms with Gasteiger partial charge in [0.25, 0.3) is 0 Å².